The second kappa shape index (κ2) is 8.50. The van der Waals surface area contributed by atoms with Gasteiger partial charge in [0.05, 0.1) is 0 Å². The fourth-order valence-electron chi connectivity index (χ4n) is 2.05. The quantitative estimate of drug-likeness (QED) is 0.582. The second-order valence-electron chi connectivity index (χ2n) is 4.76. The topological polar surface area (TPSA) is 21.3 Å². The van der Waals surface area contributed by atoms with E-state index in [2.05, 4.69) is 30.1 Å². The van der Waals surface area contributed by atoms with Gasteiger partial charge in [-0.1, -0.05) is 54.6 Å². The number of para-hydroxylation sites is 1. The number of nitrogens with one attached hydrogen (secondary N) is 1. The van der Waals surface area contributed by atoms with Gasteiger partial charge in [0.2, 0.25) is 0 Å². The van der Waals surface area contributed by atoms with Crippen molar-refractivity contribution >= 4 is 11.6 Å². The molecule has 0 saturated heterocycles. The van der Waals surface area contributed by atoms with E-state index < -0.39 is 0 Å². The highest BCUT2D eigenvalue weighted by Gasteiger charge is 2.01. The highest BCUT2D eigenvalue weighted by molar-refractivity contribution is 6.30. The van der Waals surface area contributed by atoms with Crippen molar-refractivity contribution < 1.29 is 4.74 Å². The van der Waals surface area contributed by atoms with E-state index in [1.54, 1.807) is 6.08 Å². The maximum Gasteiger partial charge on any atom is 0.124 e. The lowest BCUT2D eigenvalue weighted by molar-refractivity contribution is 0.358. The van der Waals surface area contributed by atoms with Crippen LogP contribution in [0.4, 0.5) is 0 Å². The van der Waals surface area contributed by atoms with Gasteiger partial charge in [-0.2, -0.15) is 0 Å². The minimum Gasteiger partial charge on any atom is -0.489 e. The Kier molecular flexibility index (Phi) is 6.32. The van der Waals surface area contributed by atoms with Gasteiger partial charge in [0, 0.05) is 17.1 Å². The molecule has 0 aliphatic rings. The maximum atomic E-state index is 5.88. The predicted octanol–water partition coefficient (Wildman–Crippen LogP) is 4.24. The van der Waals surface area contributed by atoms with E-state index in [0.29, 0.717) is 6.61 Å². The van der Waals surface area contributed by atoms with Crippen molar-refractivity contribution in [2.75, 3.05) is 13.2 Å². The summed E-state index contributed by atoms with van der Waals surface area (Å²) < 4.78 is 5.64. The molecule has 2 rings (SSSR count). The largest absolute Gasteiger partial charge is 0.489 e. The lowest BCUT2D eigenvalue weighted by Gasteiger charge is -2.11. The van der Waals surface area contributed by atoms with Gasteiger partial charge in [-0.3, -0.25) is 0 Å². The summed E-state index contributed by atoms with van der Waals surface area (Å²) in [5, 5.41) is 4.22. The highest BCUT2D eigenvalue weighted by atomic mass is 35.5. The summed E-state index contributed by atoms with van der Waals surface area (Å²) in [5.41, 5.74) is 2.44. The number of ether oxygens (including phenoxy) is 1. The first-order valence-corrected chi connectivity index (χ1v) is 7.44. The van der Waals surface area contributed by atoms with Crippen molar-refractivity contribution in [1.82, 2.24) is 5.32 Å². The maximum absolute atomic E-state index is 5.88. The van der Waals surface area contributed by atoms with Crippen molar-refractivity contribution in [2.45, 2.75) is 13.0 Å². The normalized spacial score (nSPS) is 10.3. The van der Waals surface area contributed by atoms with Crippen LogP contribution in [0.25, 0.3) is 0 Å². The Balaban J connectivity index is 1.80. The molecule has 21 heavy (non-hydrogen) atoms. The minimum absolute atomic E-state index is 0.530. The third kappa shape index (κ3) is 5.25. The monoisotopic (exact) mass is 301 g/mol. The third-order valence-electron chi connectivity index (χ3n) is 3.15. The Bertz CT molecular complexity index is 566. The number of halogens is 1. The molecule has 2 aromatic carbocycles. The summed E-state index contributed by atoms with van der Waals surface area (Å²) in [7, 11) is 0. The zero-order chi connectivity index (χ0) is 14.9. The van der Waals surface area contributed by atoms with Crippen LogP contribution in [0, 0.1) is 0 Å². The van der Waals surface area contributed by atoms with E-state index >= 15 is 0 Å². The van der Waals surface area contributed by atoms with Crippen molar-refractivity contribution in [3.05, 3.63) is 77.3 Å². The second-order valence-corrected chi connectivity index (χ2v) is 5.20. The van der Waals surface area contributed by atoms with Crippen molar-refractivity contribution in [3.8, 4) is 5.75 Å². The molecule has 2 nitrogen and oxygen atoms in total. The van der Waals surface area contributed by atoms with Gasteiger partial charge in [0.15, 0.2) is 0 Å². The molecule has 0 radical (unpaired) electrons. The molecule has 1 N–H and O–H groups in total. The van der Waals surface area contributed by atoms with Gasteiger partial charge in [0.25, 0.3) is 0 Å². The molecule has 0 spiro atoms. The van der Waals surface area contributed by atoms with Gasteiger partial charge >= 0.3 is 0 Å². The van der Waals surface area contributed by atoms with Crippen LogP contribution in [-0.2, 0) is 13.0 Å². The fraction of sp³-hybridized carbons (Fsp3) is 0.222. The van der Waals surface area contributed by atoms with Gasteiger partial charge < -0.3 is 10.1 Å². The van der Waals surface area contributed by atoms with Crippen LogP contribution in [-0.4, -0.2) is 13.2 Å². The molecule has 0 unspecified atom stereocenters. The van der Waals surface area contributed by atoms with Crippen LogP contribution >= 0.6 is 11.6 Å². The molecule has 0 atom stereocenters. The average molecular weight is 302 g/mol. The average Bonchev–Trinajstić information content (AvgIpc) is 2.52. The van der Waals surface area contributed by atoms with Crippen LogP contribution < -0.4 is 10.1 Å². The molecule has 0 bridgehead atoms. The number of hydrogen-bond donors (Lipinski definition) is 1. The van der Waals surface area contributed by atoms with E-state index in [-0.39, 0.29) is 0 Å². The zero-order valence-electron chi connectivity index (χ0n) is 12.0. The lowest BCUT2D eigenvalue weighted by atomic mass is 10.1. The first kappa shape index (κ1) is 15.6. The van der Waals surface area contributed by atoms with E-state index in [1.807, 2.05) is 30.3 Å². The Morgan fingerprint density at radius 3 is 2.62 bits per heavy atom. The number of rotatable bonds is 8. The summed E-state index contributed by atoms with van der Waals surface area (Å²) in [6, 6.07) is 16.0. The molecule has 0 heterocycles. The minimum atomic E-state index is 0.530. The SMILES string of the molecule is C=CCOc1ccccc1CNCCc1ccc(Cl)cc1. The molecule has 0 aromatic heterocycles. The van der Waals surface area contributed by atoms with Crippen molar-refractivity contribution in [3.63, 3.8) is 0 Å². The molecule has 0 aliphatic carbocycles. The van der Waals surface area contributed by atoms with Crippen LogP contribution in [0.3, 0.4) is 0 Å². The number of hydrogen-bond acceptors (Lipinski definition) is 2. The Hall–Kier alpha value is -1.77. The summed E-state index contributed by atoms with van der Waals surface area (Å²) in [6.45, 7) is 5.91. The van der Waals surface area contributed by atoms with E-state index in [0.717, 1.165) is 35.8 Å². The van der Waals surface area contributed by atoms with Gasteiger partial charge in [-0.15, -0.1) is 0 Å². The Morgan fingerprint density at radius 1 is 1.10 bits per heavy atom. The molecule has 0 fully saturated rings. The standard InChI is InChI=1S/C18H20ClNO/c1-2-13-21-18-6-4-3-5-16(18)14-20-12-11-15-7-9-17(19)10-8-15/h2-10,20H,1,11-14H2. The molecule has 0 amide bonds. The lowest BCUT2D eigenvalue weighted by Crippen LogP contribution is -2.17. The van der Waals surface area contributed by atoms with Gasteiger partial charge in [-0.25, -0.2) is 0 Å². The predicted molar refractivity (Wildman–Crippen MR) is 89.0 cm³/mol. The summed E-state index contributed by atoms with van der Waals surface area (Å²) >= 11 is 5.88. The smallest absolute Gasteiger partial charge is 0.124 e. The molecule has 0 aliphatic heterocycles. The van der Waals surface area contributed by atoms with E-state index in [1.165, 1.54) is 5.56 Å². The summed E-state index contributed by atoms with van der Waals surface area (Å²) in [5.74, 6) is 0.913. The molecule has 3 heteroatoms. The van der Waals surface area contributed by atoms with Crippen LogP contribution in [0.2, 0.25) is 5.02 Å². The van der Waals surface area contributed by atoms with E-state index in [4.69, 9.17) is 16.3 Å². The summed E-state index contributed by atoms with van der Waals surface area (Å²) in [6.07, 6.45) is 2.73. The van der Waals surface area contributed by atoms with Crippen LogP contribution in [0.5, 0.6) is 5.75 Å². The van der Waals surface area contributed by atoms with Gasteiger partial charge in [-0.05, 0) is 36.7 Å². The van der Waals surface area contributed by atoms with Crippen molar-refractivity contribution in [1.29, 1.82) is 0 Å². The number of benzene rings is 2. The first-order valence-electron chi connectivity index (χ1n) is 7.06. The fourth-order valence-corrected chi connectivity index (χ4v) is 2.17. The van der Waals surface area contributed by atoms with Crippen molar-refractivity contribution in [2.24, 2.45) is 0 Å². The third-order valence-corrected chi connectivity index (χ3v) is 3.40. The molecule has 110 valence electrons. The van der Waals surface area contributed by atoms with Gasteiger partial charge in [0.1, 0.15) is 12.4 Å². The zero-order valence-corrected chi connectivity index (χ0v) is 12.8. The van der Waals surface area contributed by atoms with E-state index in [9.17, 15) is 0 Å². The molecular weight excluding hydrogens is 282 g/mol. The summed E-state index contributed by atoms with van der Waals surface area (Å²) in [4.78, 5) is 0. The first-order chi connectivity index (χ1) is 10.3. The van der Waals surface area contributed by atoms with Crippen LogP contribution in [0.15, 0.2) is 61.2 Å². The van der Waals surface area contributed by atoms with Crippen LogP contribution in [0.1, 0.15) is 11.1 Å². The molecule has 2 aromatic rings. The highest BCUT2D eigenvalue weighted by Crippen LogP contribution is 2.17. The Morgan fingerprint density at radius 2 is 1.86 bits per heavy atom. The molecule has 0 saturated carbocycles. The Labute approximate surface area is 131 Å². The molecular formula is C18H20ClNO.